The van der Waals surface area contributed by atoms with Crippen LogP contribution in [0.25, 0.3) is 0 Å². The Morgan fingerprint density at radius 1 is 1.29 bits per heavy atom. The molecule has 0 aliphatic carbocycles. The first-order valence-corrected chi connectivity index (χ1v) is 6.28. The lowest BCUT2D eigenvalue weighted by Crippen LogP contribution is -2.22. The fraction of sp³-hybridized carbons (Fsp3) is 0.571. The van der Waals surface area contributed by atoms with Crippen LogP contribution in [0.3, 0.4) is 0 Å². The van der Waals surface area contributed by atoms with E-state index in [2.05, 4.69) is 12.2 Å². The zero-order chi connectivity index (χ0) is 12.7. The molecule has 0 bridgehead atoms. The van der Waals surface area contributed by atoms with E-state index in [1.807, 2.05) is 31.1 Å². The maximum Gasteiger partial charge on any atom is 0.146 e. The van der Waals surface area contributed by atoms with E-state index in [9.17, 15) is 4.39 Å². The lowest BCUT2D eigenvalue weighted by Gasteiger charge is -2.20. The summed E-state index contributed by atoms with van der Waals surface area (Å²) in [6.45, 7) is 3.08. The molecule has 0 saturated carbocycles. The largest absolute Gasteiger partial charge is 0.372 e. The molecule has 1 aromatic rings. The summed E-state index contributed by atoms with van der Waals surface area (Å²) in [5, 5.41) is 3.22. The third-order valence-electron chi connectivity index (χ3n) is 3.14. The van der Waals surface area contributed by atoms with E-state index >= 15 is 0 Å². The second-order valence-corrected chi connectivity index (χ2v) is 4.56. The second-order valence-electron chi connectivity index (χ2n) is 4.56. The molecule has 3 heteroatoms. The highest BCUT2D eigenvalue weighted by Gasteiger charge is 2.06. The molecule has 1 unspecified atom stereocenters. The number of hydrogen-bond acceptors (Lipinski definition) is 2. The molecule has 0 amide bonds. The molecule has 17 heavy (non-hydrogen) atoms. The molecule has 0 aliphatic rings. The quantitative estimate of drug-likeness (QED) is 0.734. The maximum absolute atomic E-state index is 13.5. The number of unbranched alkanes of at least 4 members (excludes halogenated alkanes) is 1. The molecule has 0 radical (unpaired) electrons. The van der Waals surface area contributed by atoms with E-state index in [0.717, 1.165) is 13.0 Å². The van der Waals surface area contributed by atoms with Gasteiger partial charge in [0.2, 0.25) is 0 Å². The van der Waals surface area contributed by atoms with Crippen molar-refractivity contribution in [1.82, 2.24) is 5.32 Å². The average Bonchev–Trinajstić information content (AvgIpc) is 2.34. The number of halogens is 1. The molecule has 1 rings (SSSR count). The summed E-state index contributed by atoms with van der Waals surface area (Å²) in [4.78, 5) is 1.99. The van der Waals surface area contributed by atoms with Gasteiger partial charge in [0.25, 0.3) is 0 Å². The number of nitrogens with zero attached hydrogens (tertiary/aromatic N) is 1. The van der Waals surface area contributed by atoms with Crippen LogP contribution in [-0.4, -0.2) is 26.7 Å². The minimum Gasteiger partial charge on any atom is -0.372 e. The van der Waals surface area contributed by atoms with E-state index in [0.29, 0.717) is 11.7 Å². The zero-order valence-electron chi connectivity index (χ0n) is 11.0. The number of nitrogens with one attached hydrogen (secondary N) is 1. The standard InChI is InChI=1S/C14H23FN2/c1-12(16-2)8-6-7-11-17(3)14-10-5-4-9-13(14)15/h4-5,9-10,12,16H,6-8,11H2,1-3H3. The maximum atomic E-state index is 13.5. The van der Waals surface area contributed by atoms with E-state index < -0.39 is 0 Å². The molecular weight excluding hydrogens is 215 g/mol. The van der Waals surface area contributed by atoms with Crippen LogP contribution >= 0.6 is 0 Å². The summed E-state index contributed by atoms with van der Waals surface area (Å²) in [7, 11) is 3.93. The number of para-hydroxylation sites is 1. The van der Waals surface area contributed by atoms with Crippen molar-refractivity contribution in [3.05, 3.63) is 30.1 Å². The van der Waals surface area contributed by atoms with Crippen LogP contribution in [0.1, 0.15) is 26.2 Å². The molecule has 1 atom stereocenters. The summed E-state index contributed by atoms with van der Waals surface area (Å²) >= 11 is 0. The first-order valence-electron chi connectivity index (χ1n) is 6.28. The van der Waals surface area contributed by atoms with Crippen molar-refractivity contribution >= 4 is 5.69 Å². The van der Waals surface area contributed by atoms with E-state index in [4.69, 9.17) is 0 Å². The van der Waals surface area contributed by atoms with Crippen molar-refractivity contribution in [3.63, 3.8) is 0 Å². The number of hydrogen-bond donors (Lipinski definition) is 1. The molecule has 0 heterocycles. The van der Waals surface area contributed by atoms with Gasteiger partial charge in [-0.2, -0.15) is 0 Å². The first-order chi connectivity index (χ1) is 8.15. The van der Waals surface area contributed by atoms with Crippen LogP contribution in [0, 0.1) is 5.82 Å². The van der Waals surface area contributed by atoms with E-state index in [1.165, 1.54) is 18.9 Å². The topological polar surface area (TPSA) is 15.3 Å². The molecule has 96 valence electrons. The van der Waals surface area contributed by atoms with E-state index in [1.54, 1.807) is 6.07 Å². The summed E-state index contributed by atoms with van der Waals surface area (Å²) in [5.74, 6) is -0.140. The third-order valence-corrected chi connectivity index (χ3v) is 3.14. The molecule has 2 nitrogen and oxygen atoms in total. The molecule has 0 spiro atoms. The fourth-order valence-corrected chi connectivity index (χ4v) is 1.83. The Balaban J connectivity index is 2.30. The number of rotatable bonds is 7. The van der Waals surface area contributed by atoms with Crippen molar-refractivity contribution in [1.29, 1.82) is 0 Å². The molecule has 0 fully saturated rings. The van der Waals surface area contributed by atoms with Crippen molar-refractivity contribution in [2.45, 2.75) is 32.2 Å². The Kier molecular flexibility index (Phi) is 5.98. The van der Waals surface area contributed by atoms with Gasteiger partial charge in [-0.25, -0.2) is 4.39 Å². The number of benzene rings is 1. The Bertz CT molecular complexity index is 328. The summed E-state index contributed by atoms with van der Waals surface area (Å²) in [6.07, 6.45) is 3.43. The molecule has 0 aliphatic heterocycles. The molecule has 1 aromatic carbocycles. The molecule has 1 N–H and O–H groups in total. The van der Waals surface area contributed by atoms with Gasteiger partial charge in [-0.15, -0.1) is 0 Å². The molecule has 0 aromatic heterocycles. The van der Waals surface area contributed by atoms with Crippen LogP contribution in [0.4, 0.5) is 10.1 Å². The molecule has 0 saturated heterocycles. The monoisotopic (exact) mass is 238 g/mol. The van der Waals surface area contributed by atoms with Gasteiger partial charge in [0.1, 0.15) is 5.82 Å². The fourth-order valence-electron chi connectivity index (χ4n) is 1.83. The lowest BCUT2D eigenvalue weighted by molar-refractivity contribution is 0.527. The van der Waals surface area contributed by atoms with Crippen LogP contribution in [0.5, 0.6) is 0 Å². The van der Waals surface area contributed by atoms with Gasteiger partial charge < -0.3 is 10.2 Å². The highest BCUT2D eigenvalue weighted by atomic mass is 19.1. The van der Waals surface area contributed by atoms with Gasteiger partial charge in [0.05, 0.1) is 5.69 Å². The van der Waals surface area contributed by atoms with Crippen LogP contribution < -0.4 is 10.2 Å². The van der Waals surface area contributed by atoms with Crippen molar-refractivity contribution < 1.29 is 4.39 Å². The third kappa shape index (κ3) is 4.73. The first kappa shape index (κ1) is 14.0. The average molecular weight is 238 g/mol. The Morgan fingerprint density at radius 3 is 2.65 bits per heavy atom. The normalized spacial score (nSPS) is 12.5. The Labute approximate surface area is 104 Å². The van der Waals surface area contributed by atoms with Crippen LogP contribution in [-0.2, 0) is 0 Å². The predicted octanol–water partition coefficient (Wildman–Crippen LogP) is 3.04. The van der Waals surface area contributed by atoms with Gasteiger partial charge in [-0.05, 0) is 38.9 Å². The van der Waals surface area contributed by atoms with Crippen molar-refractivity contribution in [2.24, 2.45) is 0 Å². The molecular formula is C14H23FN2. The minimum absolute atomic E-state index is 0.140. The highest BCUT2D eigenvalue weighted by Crippen LogP contribution is 2.17. The van der Waals surface area contributed by atoms with Gasteiger partial charge in [-0.3, -0.25) is 0 Å². The lowest BCUT2D eigenvalue weighted by atomic mass is 10.1. The zero-order valence-corrected chi connectivity index (χ0v) is 11.0. The van der Waals surface area contributed by atoms with Gasteiger partial charge in [0.15, 0.2) is 0 Å². The predicted molar refractivity (Wildman–Crippen MR) is 72.0 cm³/mol. The van der Waals surface area contributed by atoms with Gasteiger partial charge in [0, 0.05) is 19.6 Å². The summed E-state index contributed by atoms with van der Waals surface area (Å²) < 4.78 is 13.5. The summed E-state index contributed by atoms with van der Waals surface area (Å²) in [6, 6.07) is 7.49. The summed E-state index contributed by atoms with van der Waals surface area (Å²) in [5.41, 5.74) is 0.689. The Morgan fingerprint density at radius 2 is 2.00 bits per heavy atom. The second kappa shape index (κ2) is 7.28. The van der Waals surface area contributed by atoms with Gasteiger partial charge >= 0.3 is 0 Å². The Hall–Kier alpha value is -1.09. The SMILES string of the molecule is CNC(C)CCCCN(C)c1ccccc1F. The van der Waals surface area contributed by atoms with Crippen LogP contribution in [0.15, 0.2) is 24.3 Å². The van der Waals surface area contributed by atoms with Crippen molar-refractivity contribution in [2.75, 3.05) is 25.5 Å². The van der Waals surface area contributed by atoms with Crippen molar-refractivity contribution in [3.8, 4) is 0 Å². The highest BCUT2D eigenvalue weighted by molar-refractivity contribution is 5.46. The van der Waals surface area contributed by atoms with E-state index in [-0.39, 0.29) is 5.82 Å². The minimum atomic E-state index is -0.140. The van der Waals surface area contributed by atoms with Gasteiger partial charge in [-0.1, -0.05) is 18.6 Å². The number of anilines is 1. The van der Waals surface area contributed by atoms with Crippen LogP contribution in [0.2, 0.25) is 0 Å². The smallest absolute Gasteiger partial charge is 0.146 e.